The molecule has 1 saturated carbocycles. The van der Waals surface area contributed by atoms with E-state index in [4.69, 9.17) is 4.74 Å². The number of fused-ring (bicyclic) bond motifs is 4. The Morgan fingerprint density at radius 1 is 0.702 bits per heavy atom. The molecule has 47 heavy (non-hydrogen) atoms. The third-order valence-electron chi connectivity index (χ3n) is 10.1. The lowest BCUT2D eigenvalue weighted by Crippen LogP contribution is -2.43. The number of phenols is 1. The molecule has 0 unspecified atom stereocenters. The monoisotopic (exact) mass is 636 g/mol. The molecule has 0 bridgehead atoms. The molecule has 238 valence electrons. The summed E-state index contributed by atoms with van der Waals surface area (Å²) in [6, 6.07) is 16.3. The number of carbonyl (C=O) groups is 4. The Morgan fingerprint density at radius 3 is 1.85 bits per heavy atom. The molecule has 3 aromatic carbocycles. The van der Waals surface area contributed by atoms with Crippen LogP contribution in [0.2, 0.25) is 0 Å². The van der Waals surface area contributed by atoms with E-state index in [2.05, 4.69) is 0 Å². The topological polar surface area (TPSA) is 185 Å². The van der Waals surface area contributed by atoms with Crippen molar-refractivity contribution in [2.75, 3.05) is 16.9 Å². The van der Waals surface area contributed by atoms with Crippen LogP contribution in [-0.2, 0) is 19.2 Å². The van der Waals surface area contributed by atoms with Crippen LogP contribution < -0.4 is 25.5 Å². The molecule has 12 nitrogen and oxygen atoms in total. The summed E-state index contributed by atoms with van der Waals surface area (Å²) >= 11 is 0. The van der Waals surface area contributed by atoms with E-state index in [-0.39, 0.29) is 46.6 Å². The van der Waals surface area contributed by atoms with Gasteiger partial charge in [0.2, 0.25) is 23.6 Å². The minimum Gasteiger partial charge on any atom is -0.508 e. The number of hydrogen-bond acceptors (Lipinski definition) is 10. The number of allylic oxidation sites excluding steroid dienone is 2. The molecule has 7 rings (SSSR count). The molecule has 2 heterocycles. The molecule has 3 aromatic rings. The van der Waals surface area contributed by atoms with Crippen molar-refractivity contribution in [2.24, 2.45) is 29.6 Å². The number of imide groups is 2. The molecule has 4 aliphatic rings. The Kier molecular flexibility index (Phi) is 7.55. The largest absolute Gasteiger partial charge is 0.508 e. The van der Waals surface area contributed by atoms with Gasteiger partial charge in [-0.2, -0.15) is 0 Å². The second-order valence-electron chi connectivity index (χ2n) is 12.4. The van der Waals surface area contributed by atoms with Crippen LogP contribution in [0.1, 0.15) is 24.3 Å². The normalized spacial score (nSPS) is 26.5. The van der Waals surface area contributed by atoms with Gasteiger partial charge in [0, 0.05) is 17.5 Å². The van der Waals surface area contributed by atoms with E-state index in [0.717, 1.165) is 15.4 Å². The molecule has 4 amide bonds. The summed E-state index contributed by atoms with van der Waals surface area (Å²) in [6.45, 7) is 0. The second-order valence-corrected chi connectivity index (χ2v) is 12.4. The van der Waals surface area contributed by atoms with Crippen LogP contribution in [0.15, 0.2) is 78.4 Å². The third-order valence-corrected chi connectivity index (χ3v) is 10.1. The van der Waals surface area contributed by atoms with Crippen LogP contribution >= 0.6 is 0 Å². The molecule has 3 fully saturated rings. The predicted octanol–water partition coefficient (Wildman–Crippen LogP) is -0.194. The summed E-state index contributed by atoms with van der Waals surface area (Å²) in [4.78, 5) is 58.6. The van der Waals surface area contributed by atoms with Gasteiger partial charge in [0.05, 0.1) is 42.2 Å². The number of ether oxygens (including phenoxy) is 1. The van der Waals surface area contributed by atoms with Crippen molar-refractivity contribution < 1.29 is 49.1 Å². The summed E-state index contributed by atoms with van der Waals surface area (Å²) < 4.78 is 5.63. The van der Waals surface area contributed by atoms with E-state index in [9.17, 15) is 44.4 Å². The summed E-state index contributed by atoms with van der Waals surface area (Å²) in [5.74, 6) is -6.42. The molecule has 2 aliphatic heterocycles. The van der Waals surface area contributed by atoms with Crippen LogP contribution in [0, 0.1) is 29.6 Å². The lowest BCUT2D eigenvalue weighted by Gasteiger charge is -2.44. The van der Waals surface area contributed by atoms with Crippen LogP contribution in [0.3, 0.4) is 0 Å². The highest BCUT2D eigenvalue weighted by Gasteiger charge is 2.62. The zero-order valence-corrected chi connectivity index (χ0v) is 25.1. The van der Waals surface area contributed by atoms with Crippen molar-refractivity contribution in [3.8, 4) is 11.5 Å². The lowest BCUT2D eigenvalue weighted by atomic mass is 9.57. The number of benzene rings is 3. The highest BCUT2D eigenvalue weighted by atomic mass is 16.5. The van der Waals surface area contributed by atoms with Crippen molar-refractivity contribution in [3.05, 3.63) is 83.9 Å². The van der Waals surface area contributed by atoms with E-state index in [1.807, 2.05) is 6.08 Å². The highest BCUT2D eigenvalue weighted by Crippen LogP contribution is 2.59. The Balaban J connectivity index is 1.34. The van der Waals surface area contributed by atoms with Crippen LogP contribution in [0.4, 0.5) is 11.4 Å². The molecular formula is C33H30B2N2O10. The molecule has 6 atom stereocenters. The van der Waals surface area contributed by atoms with Gasteiger partial charge in [0.25, 0.3) is 0 Å². The lowest BCUT2D eigenvalue weighted by molar-refractivity contribution is -0.126. The highest BCUT2D eigenvalue weighted by molar-refractivity contribution is 6.59. The fourth-order valence-corrected chi connectivity index (χ4v) is 8.05. The quantitative estimate of drug-likeness (QED) is 0.138. The summed E-state index contributed by atoms with van der Waals surface area (Å²) in [6.07, 6.45) is 2.20. The van der Waals surface area contributed by atoms with Gasteiger partial charge < -0.3 is 29.9 Å². The average molecular weight is 636 g/mol. The van der Waals surface area contributed by atoms with E-state index >= 15 is 0 Å². The third kappa shape index (κ3) is 4.78. The number of phenolic OH excluding ortho intramolecular Hbond substituents is 1. The maximum absolute atomic E-state index is 14.3. The molecule has 5 N–H and O–H groups in total. The number of nitrogens with zero attached hydrogens (tertiary/aromatic N) is 2. The van der Waals surface area contributed by atoms with Gasteiger partial charge in [0.1, 0.15) is 11.5 Å². The first-order chi connectivity index (χ1) is 22.5. The number of methoxy groups -OCH3 is 1. The number of hydrogen-bond donors (Lipinski definition) is 5. The van der Waals surface area contributed by atoms with Crippen LogP contribution in [0.5, 0.6) is 11.5 Å². The van der Waals surface area contributed by atoms with Gasteiger partial charge in [0.15, 0.2) is 0 Å². The molecule has 0 spiro atoms. The number of amides is 4. The molecule has 2 aliphatic carbocycles. The van der Waals surface area contributed by atoms with Gasteiger partial charge in [-0.05, 0) is 60.0 Å². The maximum Gasteiger partial charge on any atom is 0.488 e. The van der Waals surface area contributed by atoms with E-state index in [1.54, 1.807) is 12.1 Å². The van der Waals surface area contributed by atoms with Gasteiger partial charge in [-0.25, -0.2) is 0 Å². The Morgan fingerprint density at radius 2 is 1.28 bits per heavy atom. The fraction of sp³-hybridized carbons (Fsp3) is 0.273. The zero-order valence-electron chi connectivity index (χ0n) is 25.1. The number of aromatic hydroxyl groups is 1. The molecule has 14 heteroatoms. The maximum atomic E-state index is 14.3. The molecular weight excluding hydrogens is 606 g/mol. The molecule has 0 radical (unpaired) electrons. The summed E-state index contributed by atoms with van der Waals surface area (Å²) in [5, 5.41) is 49.2. The first kappa shape index (κ1) is 30.9. The van der Waals surface area contributed by atoms with Crippen molar-refractivity contribution in [2.45, 2.75) is 18.8 Å². The zero-order chi connectivity index (χ0) is 33.3. The minimum absolute atomic E-state index is 0.0653. The van der Waals surface area contributed by atoms with Gasteiger partial charge in [-0.3, -0.25) is 29.0 Å². The number of anilines is 2. The number of rotatable bonds is 6. The first-order valence-corrected chi connectivity index (χ1v) is 15.3. The van der Waals surface area contributed by atoms with Crippen LogP contribution in [0.25, 0.3) is 0 Å². The Hall–Kier alpha value is -4.75. The molecule has 0 aromatic heterocycles. The van der Waals surface area contributed by atoms with E-state index in [0.29, 0.717) is 5.56 Å². The number of carbonyl (C=O) groups excluding carboxylic acids is 4. The SMILES string of the molecule is COc1cc(O)ccc1[C@H]1C2=CC[C@@H]3C(=O)N(c4cccc(B(O)O)c4)C(=O)[C@@H]3[C@@H]2C[C@H]2C(=O)N(c3cccc(B(O)O)c3)C(=O)[C@@H]12. The molecule has 2 saturated heterocycles. The van der Waals surface area contributed by atoms with Crippen molar-refractivity contribution in [1.29, 1.82) is 0 Å². The summed E-state index contributed by atoms with van der Waals surface area (Å²) in [5.41, 5.74) is 1.86. The van der Waals surface area contributed by atoms with Crippen molar-refractivity contribution in [1.82, 2.24) is 0 Å². The van der Waals surface area contributed by atoms with Gasteiger partial charge in [-0.1, -0.05) is 42.0 Å². The summed E-state index contributed by atoms with van der Waals surface area (Å²) in [7, 11) is -2.20. The Bertz CT molecular complexity index is 1860. The standard InChI is InChI=1S/C33H30B2N2O10/c1-47-26-14-20(38)8-9-22(26)27-21-10-11-23-28(32(41)36(30(23)39)18-6-2-4-16(12-18)34(43)44)24(21)15-25-29(27)33(42)37(31(25)40)19-7-3-5-17(13-19)35(45)46/h2-10,12-14,23-25,27-29,38,43-46H,11,15H2,1H3/t23-,24+,25+,27+,28-,29+/m0/s1. The smallest absolute Gasteiger partial charge is 0.488 e. The Labute approximate surface area is 269 Å². The van der Waals surface area contributed by atoms with Crippen LogP contribution in [-0.4, -0.2) is 70.2 Å². The predicted molar refractivity (Wildman–Crippen MR) is 170 cm³/mol. The van der Waals surface area contributed by atoms with Crippen molar-refractivity contribution in [3.63, 3.8) is 0 Å². The fourth-order valence-electron chi connectivity index (χ4n) is 8.05. The van der Waals surface area contributed by atoms with Gasteiger partial charge >= 0.3 is 14.2 Å². The van der Waals surface area contributed by atoms with E-state index in [1.165, 1.54) is 61.7 Å². The average Bonchev–Trinajstić information content (AvgIpc) is 3.47. The van der Waals surface area contributed by atoms with E-state index < -0.39 is 73.4 Å². The first-order valence-electron chi connectivity index (χ1n) is 15.3. The second kappa shape index (κ2) is 11.5. The van der Waals surface area contributed by atoms with Gasteiger partial charge in [-0.15, -0.1) is 0 Å². The minimum atomic E-state index is -1.82. The van der Waals surface area contributed by atoms with Crippen molar-refractivity contribution >= 4 is 60.2 Å².